The molecule has 0 N–H and O–H groups in total. The Balaban J connectivity index is 2.74. The second-order valence-electron chi connectivity index (χ2n) is 3.51. The Morgan fingerprint density at radius 3 is 2.71 bits per heavy atom. The van der Waals surface area contributed by atoms with Gasteiger partial charge < -0.3 is 4.74 Å². The number of amides is 1. The minimum Gasteiger partial charge on any atom is -0.449 e. The van der Waals surface area contributed by atoms with Gasteiger partial charge in [-0.1, -0.05) is 25.1 Å². The van der Waals surface area contributed by atoms with Gasteiger partial charge in [-0.2, -0.15) is 5.26 Å². The van der Waals surface area contributed by atoms with Gasteiger partial charge in [0.05, 0.1) is 19.1 Å². The highest BCUT2D eigenvalue weighted by Crippen LogP contribution is 2.14. The number of nitriles is 1. The maximum Gasteiger partial charge on any atom is 0.414 e. The van der Waals surface area contributed by atoms with Crippen molar-refractivity contribution in [2.75, 3.05) is 18.1 Å². The molecular formula is C13H16N2O2. The summed E-state index contributed by atoms with van der Waals surface area (Å²) in [6.07, 6.45) is 0.677. The van der Waals surface area contributed by atoms with Gasteiger partial charge in [-0.05, 0) is 18.6 Å². The lowest BCUT2D eigenvalue weighted by Crippen LogP contribution is -2.32. The Bertz CT molecular complexity index is 384. The van der Waals surface area contributed by atoms with Gasteiger partial charge in [-0.25, -0.2) is 4.79 Å². The Labute approximate surface area is 101 Å². The van der Waals surface area contributed by atoms with Crippen LogP contribution in [-0.4, -0.2) is 19.2 Å². The van der Waals surface area contributed by atoms with E-state index in [0.29, 0.717) is 13.2 Å². The van der Waals surface area contributed by atoms with Crippen molar-refractivity contribution in [2.45, 2.75) is 19.8 Å². The van der Waals surface area contributed by atoms with Gasteiger partial charge in [-0.15, -0.1) is 0 Å². The van der Waals surface area contributed by atoms with Gasteiger partial charge >= 0.3 is 6.09 Å². The van der Waals surface area contributed by atoms with E-state index >= 15 is 0 Å². The largest absolute Gasteiger partial charge is 0.449 e. The second kappa shape index (κ2) is 7.29. The molecule has 0 saturated heterocycles. The Kier molecular flexibility index (Phi) is 5.59. The average Bonchev–Trinajstić information content (AvgIpc) is 2.38. The molecule has 0 fully saturated rings. The number of anilines is 1. The van der Waals surface area contributed by atoms with Crippen molar-refractivity contribution < 1.29 is 9.53 Å². The van der Waals surface area contributed by atoms with E-state index in [1.165, 1.54) is 4.90 Å². The number of hydrogen-bond acceptors (Lipinski definition) is 3. The number of benzene rings is 1. The molecule has 4 nitrogen and oxygen atoms in total. The van der Waals surface area contributed by atoms with Gasteiger partial charge in [-0.3, -0.25) is 4.90 Å². The first-order valence-electron chi connectivity index (χ1n) is 5.66. The third-order valence-corrected chi connectivity index (χ3v) is 2.17. The summed E-state index contributed by atoms with van der Waals surface area (Å²) in [5, 5.41) is 8.59. The fourth-order valence-corrected chi connectivity index (χ4v) is 1.36. The van der Waals surface area contributed by atoms with Crippen LogP contribution in [0, 0.1) is 11.3 Å². The first-order valence-corrected chi connectivity index (χ1v) is 5.66. The maximum absolute atomic E-state index is 11.8. The smallest absolute Gasteiger partial charge is 0.414 e. The molecule has 17 heavy (non-hydrogen) atoms. The molecule has 1 amide bonds. The lowest BCUT2D eigenvalue weighted by molar-refractivity contribution is 0.154. The van der Waals surface area contributed by atoms with Crippen LogP contribution in [0.2, 0.25) is 0 Å². The van der Waals surface area contributed by atoms with Crippen LogP contribution in [0.3, 0.4) is 0 Å². The van der Waals surface area contributed by atoms with Gasteiger partial charge in [0.25, 0.3) is 0 Å². The molecule has 1 aromatic carbocycles. The first kappa shape index (κ1) is 13.0. The summed E-state index contributed by atoms with van der Waals surface area (Å²) in [6, 6.07) is 11.3. The van der Waals surface area contributed by atoms with Gasteiger partial charge in [0, 0.05) is 12.2 Å². The number of para-hydroxylation sites is 1. The third-order valence-electron chi connectivity index (χ3n) is 2.17. The highest BCUT2D eigenvalue weighted by molar-refractivity contribution is 5.87. The Hall–Kier alpha value is -2.02. The number of nitrogens with zero attached hydrogens (tertiary/aromatic N) is 2. The third kappa shape index (κ3) is 4.15. The first-order chi connectivity index (χ1) is 8.29. The van der Waals surface area contributed by atoms with Crippen LogP contribution in [0.1, 0.15) is 19.8 Å². The van der Waals surface area contributed by atoms with Crippen molar-refractivity contribution in [3.63, 3.8) is 0 Å². The van der Waals surface area contributed by atoms with Crippen molar-refractivity contribution in [3.05, 3.63) is 30.3 Å². The summed E-state index contributed by atoms with van der Waals surface area (Å²) in [5.41, 5.74) is 0.754. The lowest BCUT2D eigenvalue weighted by Gasteiger charge is -2.20. The molecule has 0 unspecified atom stereocenters. The number of rotatable bonds is 5. The quantitative estimate of drug-likeness (QED) is 0.784. The number of carbonyl (C=O) groups excluding carboxylic acids is 1. The van der Waals surface area contributed by atoms with Crippen LogP contribution in [0.5, 0.6) is 0 Å². The summed E-state index contributed by atoms with van der Waals surface area (Å²) in [4.78, 5) is 13.3. The summed E-state index contributed by atoms with van der Waals surface area (Å²) in [5.74, 6) is 0. The van der Waals surface area contributed by atoms with Crippen LogP contribution < -0.4 is 4.90 Å². The zero-order chi connectivity index (χ0) is 12.5. The fourth-order valence-electron chi connectivity index (χ4n) is 1.36. The summed E-state index contributed by atoms with van der Waals surface area (Å²) in [7, 11) is 0. The van der Waals surface area contributed by atoms with Crippen LogP contribution >= 0.6 is 0 Å². The zero-order valence-electron chi connectivity index (χ0n) is 9.93. The van der Waals surface area contributed by atoms with Crippen LogP contribution in [0.15, 0.2) is 30.3 Å². The van der Waals surface area contributed by atoms with Crippen molar-refractivity contribution in [2.24, 2.45) is 0 Å². The zero-order valence-corrected chi connectivity index (χ0v) is 9.93. The second-order valence-corrected chi connectivity index (χ2v) is 3.51. The van der Waals surface area contributed by atoms with Crippen molar-refractivity contribution in [1.82, 2.24) is 0 Å². The molecule has 0 aliphatic heterocycles. The van der Waals surface area contributed by atoms with E-state index in [2.05, 4.69) is 0 Å². The van der Waals surface area contributed by atoms with Crippen LogP contribution in [-0.2, 0) is 4.74 Å². The molecule has 0 spiro atoms. The van der Waals surface area contributed by atoms with Crippen molar-refractivity contribution >= 4 is 11.8 Å². The molecule has 90 valence electrons. The molecule has 0 atom stereocenters. The molecule has 0 aromatic heterocycles. The van der Waals surface area contributed by atoms with Crippen molar-refractivity contribution in [1.29, 1.82) is 5.26 Å². The fraction of sp³-hybridized carbons (Fsp3) is 0.385. The van der Waals surface area contributed by atoms with Gasteiger partial charge in [0.1, 0.15) is 0 Å². The molecule has 0 radical (unpaired) electrons. The van der Waals surface area contributed by atoms with Gasteiger partial charge in [0.15, 0.2) is 0 Å². The molecule has 4 heteroatoms. The van der Waals surface area contributed by atoms with Crippen LogP contribution in [0.25, 0.3) is 0 Å². The minimum absolute atomic E-state index is 0.288. The highest BCUT2D eigenvalue weighted by atomic mass is 16.6. The number of hydrogen-bond donors (Lipinski definition) is 0. The maximum atomic E-state index is 11.8. The molecule has 0 aliphatic carbocycles. The van der Waals surface area contributed by atoms with E-state index in [1.807, 2.05) is 43.3 Å². The average molecular weight is 232 g/mol. The van der Waals surface area contributed by atoms with Gasteiger partial charge in [0.2, 0.25) is 0 Å². The summed E-state index contributed by atoms with van der Waals surface area (Å²) in [6.45, 7) is 2.69. The van der Waals surface area contributed by atoms with E-state index in [-0.39, 0.29) is 6.42 Å². The van der Waals surface area contributed by atoms with E-state index in [0.717, 1.165) is 12.1 Å². The number of carbonyl (C=O) groups is 1. The molecule has 1 aromatic rings. The Morgan fingerprint density at radius 2 is 2.12 bits per heavy atom. The molecular weight excluding hydrogens is 216 g/mol. The molecule has 0 aliphatic rings. The molecule has 0 saturated carbocycles. The molecule has 1 rings (SSSR count). The normalized spacial score (nSPS) is 9.41. The summed E-state index contributed by atoms with van der Waals surface area (Å²) < 4.78 is 5.08. The summed E-state index contributed by atoms with van der Waals surface area (Å²) >= 11 is 0. The standard InChI is InChI=1S/C13H16N2O2/c1-2-11-17-13(16)15(10-6-9-14)12-7-4-3-5-8-12/h3-5,7-8H,2,6,10-11H2,1H3. The number of ether oxygens (including phenoxy) is 1. The lowest BCUT2D eigenvalue weighted by atomic mass is 10.3. The molecule has 0 bridgehead atoms. The van der Waals surface area contributed by atoms with Crippen molar-refractivity contribution in [3.8, 4) is 6.07 Å². The van der Waals surface area contributed by atoms with Crippen LogP contribution in [0.4, 0.5) is 10.5 Å². The van der Waals surface area contributed by atoms with E-state index in [9.17, 15) is 4.79 Å². The van der Waals surface area contributed by atoms with E-state index < -0.39 is 6.09 Å². The molecule has 0 heterocycles. The Morgan fingerprint density at radius 1 is 1.41 bits per heavy atom. The predicted octanol–water partition coefficient (Wildman–Crippen LogP) is 2.95. The highest BCUT2D eigenvalue weighted by Gasteiger charge is 2.15. The minimum atomic E-state index is -0.395. The monoisotopic (exact) mass is 232 g/mol. The van der Waals surface area contributed by atoms with E-state index in [4.69, 9.17) is 10.00 Å². The topological polar surface area (TPSA) is 53.3 Å². The predicted molar refractivity (Wildman–Crippen MR) is 65.7 cm³/mol. The SMILES string of the molecule is CCCOC(=O)N(CCC#N)c1ccccc1. The van der Waals surface area contributed by atoms with E-state index in [1.54, 1.807) is 0 Å².